The molecule has 2 heterocycles. The second kappa shape index (κ2) is 7.89. The van der Waals surface area contributed by atoms with E-state index in [0.717, 1.165) is 19.4 Å². The van der Waals surface area contributed by atoms with Crippen LogP contribution < -0.4 is 4.74 Å². The Hall–Kier alpha value is -3.07. The monoisotopic (exact) mass is 396 g/mol. The molecule has 0 N–H and O–H groups in total. The number of aromatic nitrogens is 2. The lowest BCUT2D eigenvalue weighted by atomic mass is 10.1. The Balaban J connectivity index is 1.92. The third-order valence-electron chi connectivity index (χ3n) is 3.72. The molecule has 0 saturated heterocycles. The zero-order valence-electron chi connectivity index (χ0n) is 14.4. The minimum absolute atomic E-state index is 0.0416. The summed E-state index contributed by atoms with van der Waals surface area (Å²) in [6.07, 6.45) is 2.38. The number of ether oxygens (including phenoxy) is 2. The summed E-state index contributed by atoms with van der Waals surface area (Å²) in [5, 5.41) is 0. The molecule has 0 fully saturated rings. The molecule has 0 radical (unpaired) electrons. The number of alkyl halides is 2. The molecule has 0 aliphatic rings. The highest BCUT2D eigenvalue weighted by Crippen LogP contribution is 2.34. The predicted molar refractivity (Wildman–Crippen MR) is 89.6 cm³/mol. The lowest BCUT2D eigenvalue weighted by Gasteiger charge is -2.15. The van der Waals surface area contributed by atoms with Gasteiger partial charge < -0.3 is 9.47 Å². The Labute approximate surface area is 156 Å². The lowest BCUT2D eigenvalue weighted by molar-refractivity contribution is -0.0731. The van der Waals surface area contributed by atoms with Crippen LogP contribution in [0.4, 0.5) is 22.0 Å². The molecule has 0 bridgehead atoms. The summed E-state index contributed by atoms with van der Waals surface area (Å²) < 4.78 is 78.3. The third-order valence-corrected chi connectivity index (χ3v) is 3.72. The van der Waals surface area contributed by atoms with Crippen LogP contribution in [0.15, 0.2) is 48.8 Å². The van der Waals surface area contributed by atoms with E-state index in [9.17, 15) is 22.0 Å². The van der Waals surface area contributed by atoms with Crippen LogP contribution in [0.1, 0.15) is 5.69 Å². The number of methoxy groups -OCH3 is 1. The van der Waals surface area contributed by atoms with Crippen molar-refractivity contribution in [3.8, 4) is 22.8 Å². The third kappa shape index (κ3) is 4.09. The molecular weight excluding hydrogens is 383 g/mol. The minimum atomic E-state index is -3.28. The Kier molecular flexibility index (Phi) is 5.55. The van der Waals surface area contributed by atoms with Crippen LogP contribution >= 0.6 is 0 Å². The van der Waals surface area contributed by atoms with E-state index < -0.39 is 35.7 Å². The van der Waals surface area contributed by atoms with Gasteiger partial charge in [0.25, 0.3) is 0 Å². The highest BCUT2D eigenvalue weighted by Gasteiger charge is 2.33. The quantitative estimate of drug-likeness (QED) is 0.430. The molecule has 0 amide bonds. The first kappa shape index (κ1) is 19.7. The molecule has 2 aromatic heterocycles. The average molecular weight is 396 g/mol. The zero-order chi connectivity index (χ0) is 20.3. The van der Waals surface area contributed by atoms with Crippen molar-refractivity contribution in [2.24, 2.45) is 0 Å². The maximum atomic E-state index is 14.1. The molecule has 0 unspecified atom stereocenters. The molecular formula is C19H13F5N2O2. The number of halogens is 5. The van der Waals surface area contributed by atoms with E-state index in [-0.39, 0.29) is 22.8 Å². The number of rotatable bonds is 6. The Morgan fingerprint density at radius 2 is 1.68 bits per heavy atom. The molecule has 0 aliphatic heterocycles. The Morgan fingerprint density at radius 1 is 0.929 bits per heavy atom. The van der Waals surface area contributed by atoms with Crippen LogP contribution in [0.5, 0.6) is 11.6 Å². The topological polar surface area (TPSA) is 44.2 Å². The average Bonchev–Trinajstić information content (AvgIpc) is 2.66. The Morgan fingerprint density at radius 3 is 2.36 bits per heavy atom. The maximum Gasteiger partial charge on any atom is 0.312 e. The summed E-state index contributed by atoms with van der Waals surface area (Å²) in [6.45, 7) is -0.833. The maximum absolute atomic E-state index is 14.1. The van der Waals surface area contributed by atoms with Crippen LogP contribution in [-0.2, 0) is 10.7 Å². The standard InChI is InChI=1S/C19H13F5N2O2/c1-27-10-19(23,24)17-5-4-11(9-26-17)28-18-12(3-2-6-25-18)13-7-15(21)16(22)8-14(13)20/h2-9H,10H2,1H3. The number of hydrogen-bond acceptors (Lipinski definition) is 4. The number of nitrogens with zero attached hydrogens (tertiary/aromatic N) is 2. The predicted octanol–water partition coefficient (Wildman–Crippen LogP) is 5.09. The van der Waals surface area contributed by atoms with Crippen molar-refractivity contribution in [1.29, 1.82) is 0 Å². The van der Waals surface area contributed by atoms with E-state index in [1.54, 1.807) is 0 Å². The summed E-state index contributed by atoms with van der Waals surface area (Å²) in [4.78, 5) is 7.59. The molecule has 0 aliphatic carbocycles. The van der Waals surface area contributed by atoms with E-state index in [2.05, 4.69) is 14.7 Å². The number of pyridine rings is 2. The molecule has 28 heavy (non-hydrogen) atoms. The molecule has 4 nitrogen and oxygen atoms in total. The van der Waals surface area contributed by atoms with Gasteiger partial charge >= 0.3 is 5.92 Å². The van der Waals surface area contributed by atoms with Crippen molar-refractivity contribution in [2.45, 2.75) is 5.92 Å². The fourth-order valence-corrected chi connectivity index (χ4v) is 2.43. The van der Waals surface area contributed by atoms with Gasteiger partial charge in [0.2, 0.25) is 5.88 Å². The highest BCUT2D eigenvalue weighted by molar-refractivity contribution is 5.69. The van der Waals surface area contributed by atoms with Crippen molar-refractivity contribution in [2.75, 3.05) is 13.7 Å². The fraction of sp³-hybridized carbons (Fsp3) is 0.158. The van der Waals surface area contributed by atoms with Gasteiger partial charge in [0, 0.05) is 30.5 Å². The molecule has 0 atom stereocenters. The van der Waals surface area contributed by atoms with E-state index in [4.69, 9.17) is 4.74 Å². The van der Waals surface area contributed by atoms with Crippen LogP contribution in [-0.4, -0.2) is 23.7 Å². The summed E-state index contributed by atoms with van der Waals surface area (Å²) in [6, 6.07) is 6.22. The van der Waals surface area contributed by atoms with Crippen LogP contribution in [0.3, 0.4) is 0 Å². The molecule has 0 spiro atoms. The van der Waals surface area contributed by atoms with Crippen molar-refractivity contribution < 1.29 is 31.4 Å². The van der Waals surface area contributed by atoms with Crippen molar-refractivity contribution in [1.82, 2.24) is 9.97 Å². The largest absolute Gasteiger partial charge is 0.437 e. The first-order valence-electron chi connectivity index (χ1n) is 7.93. The van der Waals surface area contributed by atoms with E-state index in [1.807, 2.05) is 0 Å². The van der Waals surface area contributed by atoms with Gasteiger partial charge in [-0.25, -0.2) is 18.2 Å². The smallest absolute Gasteiger partial charge is 0.312 e. The number of benzene rings is 1. The van der Waals surface area contributed by atoms with Gasteiger partial charge in [-0.3, -0.25) is 4.98 Å². The first-order valence-corrected chi connectivity index (χ1v) is 7.93. The van der Waals surface area contributed by atoms with Crippen molar-refractivity contribution in [3.05, 3.63) is 71.9 Å². The summed E-state index contributed by atoms with van der Waals surface area (Å²) in [5.41, 5.74) is -0.736. The van der Waals surface area contributed by atoms with Gasteiger partial charge in [0.1, 0.15) is 23.9 Å². The number of hydrogen-bond donors (Lipinski definition) is 0. The molecule has 3 aromatic rings. The first-order chi connectivity index (χ1) is 13.3. The van der Waals surface area contributed by atoms with Crippen LogP contribution in [0.25, 0.3) is 11.1 Å². The van der Waals surface area contributed by atoms with Crippen LogP contribution in [0.2, 0.25) is 0 Å². The molecule has 9 heteroatoms. The molecule has 3 rings (SSSR count). The zero-order valence-corrected chi connectivity index (χ0v) is 14.4. The van der Waals surface area contributed by atoms with E-state index in [0.29, 0.717) is 12.1 Å². The van der Waals surface area contributed by atoms with Gasteiger partial charge in [-0.2, -0.15) is 8.78 Å². The SMILES string of the molecule is COCC(F)(F)c1ccc(Oc2ncccc2-c2cc(F)c(F)cc2F)cn1. The normalized spacial score (nSPS) is 11.5. The second-order valence-corrected chi connectivity index (χ2v) is 5.72. The lowest BCUT2D eigenvalue weighted by Crippen LogP contribution is -2.21. The van der Waals surface area contributed by atoms with Crippen molar-refractivity contribution >= 4 is 0 Å². The van der Waals surface area contributed by atoms with Gasteiger partial charge in [-0.05, 0) is 30.3 Å². The Bertz CT molecular complexity index is 981. The fourth-order valence-electron chi connectivity index (χ4n) is 2.43. The van der Waals surface area contributed by atoms with Gasteiger partial charge in [0.15, 0.2) is 11.6 Å². The van der Waals surface area contributed by atoms with E-state index in [1.165, 1.54) is 24.4 Å². The molecule has 146 valence electrons. The minimum Gasteiger partial charge on any atom is -0.437 e. The van der Waals surface area contributed by atoms with Gasteiger partial charge in [-0.1, -0.05) is 0 Å². The summed E-state index contributed by atoms with van der Waals surface area (Å²) in [5.74, 6) is -6.95. The van der Waals surface area contributed by atoms with E-state index >= 15 is 0 Å². The van der Waals surface area contributed by atoms with Gasteiger partial charge in [0.05, 0.1) is 6.20 Å². The van der Waals surface area contributed by atoms with Gasteiger partial charge in [-0.15, -0.1) is 0 Å². The highest BCUT2D eigenvalue weighted by atomic mass is 19.3. The summed E-state index contributed by atoms with van der Waals surface area (Å²) >= 11 is 0. The second-order valence-electron chi connectivity index (χ2n) is 5.72. The van der Waals surface area contributed by atoms with Crippen molar-refractivity contribution in [3.63, 3.8) is 0 Å². The molecule has 1 aromatic carbocycles. The summed E-state index contributed by atoms with van der Waals surface area (Å²) in [7, 11) is 1.14. The van der Waals surface area contributed by atoms with Crippen LogP contribution in [0, 0.1) is 17.5 Å². The molecule has 0 saturated carbocycles.